The largest absolute Gasteiger partial charge is 0.383 e. The first-order valence-electron chi connectivity index (χ1n) is 6.80. The van der Waals surface area contributed by atoms with Crippen LogP contribution in [-0.4, -0.2) is 51.0 Å². The van der Waals surface area contributed by atoms with Crippen molar-refractivity contribution in [3.8, 4) is 0 Å². The molecule has 1 fully saturated rings. The van der Waals surface area contributed by atoms with Gasteiger partial charge in [0.2, 0.25) is 5.91 Å². The first-order valence-corrected chi connectivity index (χ1v) is 6.80. The number of hydrogen-bond donors (Lipinski definition) is 2. The van der Waals surface area contributed by atoms with Crippen LogP contribution in [0.5, 0.6) is 0 Å². The van der Waals surface area contributed by atoms with Gasteiger partial charge in [0, 0.05) is 25.7 Å². The molecule has 0 aromatic carbocycles. The number of carbonyl (C=O) groups is 1. The van der Waals surface area contributed by atoms with Crippen LogP contribution in [-0.2, 0) is 14.3 Å². The Labute approximate surface area is 110 Å². The van der Waals surface area contributed by atoms with Gasteiger partial charge in [-0.05, 0) is 26.2 Å². The van der Waals surface area contributed by atoms with E-state index in [0.717, 1.165) is 19.3 Å². The molecule has 0 aromatic heterocycles. The first-order chi connectivity index (χ1) is 8.67. The van der Waals surface area contributed by atoms with E-state index in [1.165, 1.54) is 0 Å². The Morgan fingerprint density at radius 3 is 2.89 bits per heavy atom. The summed E-state index contributed by atoms with van der Waals surface area (Å²) in [4.78, 5) is 11.5. The van der Waals surface area contributed by atoms with Crippen LogP contribution in [0.4, 0.5) is 0 Å². The lowest BCUT2D eigenvalue weighted by atomic mass is 9.95. The number of rotatable bonds is 7. The van der Waals surface area contributed by atoms with Gasteiger partial charge < -0.3 is 20.1 Å². The Morgan fingerprint density at radius 2 is 2.22 bits per heavy atom. The number of ether oxygens (including phenoxy) is 2. The van der Waals surface area contributed by atoms with Crippen LogP contribution < -0.4 is 10.6 Å². The number of hydrogen-bond acceptors (Lipinski definition) is 4. The zero-order valence-electron chi connectivity index (χ0n) is 11.7. The van der Waals surface area contributed by atoms with E-state index in [2.05, 4.69) is 24.5 Å². The molecule has 0 aliphatic carbocycles. The molecule has 3 unspecified atom stereocenters. The van der Waals surface area contributed by atoms with Crippen LogP contribution >= 0.6 is 0 Å². The molecular weight excluding hydrogens is 232 g/mol. The highest BCUT2D eigenvalue weighted by Crippen LogP contribution is 2.18. The molecule has 106 valence electrons. The van der Waals surface area contributed by atoms with E-state index >= 15 is 0 Å². The Kier molecular flexibility index (Phi) is 7.23. The summed E-state index contributed by atoms with van der Waals surface area (Å²) in [5.41, 5.74) is 0. The van der Waals surface area contributed by atoms with Crippen molar-refractivity contribution < 1.29 is 14.3 Å². The number of methoxy groups -OCH3 is 1. The van der Waals surface area contributed by atoms with Crippen molar-refractivity contribution >= 4 is 5.91 Å². The second-order valence-corrected chi connectivity index (χ2v) is 4.85. The van der Waals surface area contributed by atoms with Gasteiger partial charge in [-0.2, -0.15) is 0 Å². The van der Waals surface area contributed by atoms with Crippen molar-refractivity contribution in [2.45, 2.75) is 51.3 Å². The van der Waals surface area contributed by atoms with Gasteiger partial charge in [-0.25, -0.2) is 0 Å². The molecule has 3 atom stereocenters. The van der Waals surface area contributed by atoms with Crippen molar-refractivity contribution in [3.63, 3.8) is 0 Å². The van der Waals surface area contributed by atoms with E-state index < -0.39 is 0 Å². The Bertz CT molecular complexity index is 248. The average Bonchev–Trinajstić information content (AvgIpc) is 2.37. The molecule has 1 heterocycles. The third-order valence-corrected chi connectivity index (χ3v) is 3.33. The lowest BCUT2D eigenvalue weighted by Gasteiger charge is -2.35. The van der Waals surface area contributed by atoms with Gasteiger partial charge in [-0.3, -0.25) is 4.79 Å². The minimum Gasteiger partial charge on any atom is -0.383 e. The Balaban J connectivity index is 2.22. The topological polar surface area (TPSA) is 59.6 Å². The molecule has 1 rings (SSSR count). The van der Waals surface area contributed by atoms with Crippen LogP contribution in [0.2, 0.25) is 0 Å². The number of piperidine rings is 1. The third kappa shape index (κ3) is 5.33. The summed E-state index contributed by atoms with van der Waals surface area (Å²) in [7, 11) is 1.61. The zero-order valence-corrected chi connectivity index (χ0v) is 11.7. The number of amides is 1. The molecule has 0 spiro atoms. The summed E-state index contributed by atoms with van der Waals surface area (Å²) < 4.78 is 10.6. The van der Waals surface area contributed by atoms with Crippen LogP contribution in [0.3, 0.4) is 0 Å². The molecule has 18 heavy (non-hydrogen) atoms. The SMILES string of the molecule is CCC1NC(C)CCC1OCC(=O)NCCOC. The molecule has 5 nitrogen and oxygen atoms in total. The average molecular weight is 258 g/mol. The fourth-order valence-electron chi connectivity index (χ4n) is 2.28. The van der Waals surface area contributed by atoms with Gasteiger partial charge in [0.15, 0.2) is 0 Å². The Morgan fingerprint density at radius 1 is 1.44 bits per heavy atom. The van der Waals surface area contributed by atoms with E-state index in [1.54, 1.807) is 7.11 Å². The van der Waals surface area contributed by atoms with Crippen LogP contribution in [0, 0.1) is 0 Å². The summed E-state index contributed by atoms with van der Waals surface area (Å²) in [6.07, 6.45) is 3.31. The van der Waals surface area contributed by atoms with E-state index in [1.807, 2.05) is 0 Å². The summed E-state index contributed by atoms with van der Waals surface area (Å²) in [6, 6.07) is 0.908. The first kappa shape index (κ1) is 15.4. The maximum absolute atomic E-state index is 11.5. The zero-order chi connectivity index (χ0) is 13.4. The van der Waals surface area contributed by atoms with Crippen LogP contribution in [0.25, 0.3) is 0 Å². The highest BCUT2D eigenvalue weighted by molar-refractivity contribution is 5.77. The monoisotopic (exact) mass is 258 g/mol. The normalized spacial score (nSPS) is 28.1. The molecule has 5 heteroatoms. The van der Waals surface area contributed by atoms with E-state index in [4.69, 9.17) is 9.47 Å². The second kappa shape index (κ2) is 8.45. The molecule has 0 aromatic rings. The van der Waals surface area contributed by atoms with Crippen molar-refractivity contribution in [2.75, 3.05) is 26.9 Å². The van der Waals surface area contributed by atoms with Crippen molar-refractivity contribution in [3.05, 3.63) is 0 Å². The van der Waals surface area contributed by atoms with Crippen molar-refractivity contribution in [2.24, 2.45) is 0 Å². The maximum atomic E-state index is 11.5. The highest BCUT2D eigenvalue weighted by Gasteiger charge is 2.27. The summed E-state index contributed by atoms with van der Waals surface area (Å²) in [6.45, 7) is 5.55. The van der Waals surface area contributed by atoms with Crippen LogP contribution in [0.15, 0.2) is 0 Å². The lowest BCUT2D eigenvalue weighted by molar-refractivity contribution is -0.129. The minimum absolute atomic E-state index is 0.0690. The smallest absolute Gasteiger partial charge is 0.246 e. The lowest BCUT2D eigenvalue weighted by Crippen LogP contribution is -2.50. The van der Waals surface area contributed by atoms with Crippen molar-refractivity contribution in [1.29, 1.82) is 0 Å². The molecule has 1 amide bonds. The highest BCUT2D eigenvalue weighted by atomic mass is 16.5. The fraction of sp³-hybridized carbons (Fsp3) is 0.923. The molecule has 2 N–H and O–H groups in total. The Hall–Kier alpha value is -0.650. The van der Waals surface area contributed by atoms with E-state index in [-0.39, 0.29) is 18.6 Å². The number of carbonyl (C=O) groups excluding carboxylic acids is 1. The van der Waals surface area contributed by atoms with Crippen LogP contribution in [0.1, 0.15) is 33.1 Å². The fourth-order valence-corrected chi connectivity index (χ4v) is 2.28. The summed E-state index contributed by atoms with van der Waals surface area (Å²) in [5, 5.41) is 6.27. The van der Waals surface area contributed by atoms with E-state index in [9.17, 15) is 4.79 Å². The molecule has 1 aliphatic heterocycles. The van der Waals surface area contributed by atoms with Gasteiger partial charge >= 0.3 is 0 Å². The van der Waals surface area contributed by atoms with Gasteiger partial charge in [0.05, 0.1) is 12.7 Å². The van der Waals surface area contributed by atoms with Gasteiger partial charge in [0.1, 0.15) is 6.61 Å². The molecular formula is C13H26N2O3. The molecule has 0 bridgehead atoms. The summed E-state index contributed by atoms with van der Waals surface area (Å²) >= 11 is 0. The second-order valence-electron chi connectivity index (χ2n) is 4.85. The third-order valence-electron chi connectivity index (χ3n) is 3.33. The van der Waals surface area contributed by atoms with Crippen molar-refractivity contribution in [1.82, 2.24) is 10.6 Å². The molecule has 0 radical (unpaired) electrons. The van der Waals surface area contributed by atoms with Gasteiger partial charge in [-0.15, -0.1) is 0 Å². The van der Waals surface area contributed by atoms with E-state index in [0.29, 0.717) is 25.2 Å². The number of nitrogens with one attached hydrogen (secondary N) is 2. The maximum Gasteiger partial charge on any atom is 0.246 e. The quantitative estimate of drug-likeness (QED) is 0.660. The predicted octanol–water partition coefficient (Wildman–Crippen LogP) is 0.685. The minimum atomic E-state index is -0.0690. The summed E-state index contributed by atoms with van der Waals surface area (Å²) in [5.74, 6) is -0.0690. The van der Waals surface area contributed by atoms with Gasteiger partial charge in [0.25, 0.3) is 0 Å². The van der Waals surface area contributed by atoms with Gasteiger partial charge in [-0.1, -0.05) is 6.92 Å². The molecule has 0 saturated carbocycles. The molecule has 1 aliphatic rings. The predicted molar refractivity (Wildman–Crippen MR) is 70.5 cm³/mol. The standard InChI is InChI=1S/C13H26N2O3/c1-4-11-12(6-5-10(2)15-11)18-9-13(16)14-7-8-17-3/h10-12,15H,4-9H2,1-3H3,(H,14,16). The molecule has 1 saturated heterocycles.